The molecule has 0 fully saturated rings. The minimum atomic E-state index is -0.115. The Morgan fingerprint density at radius 2 is 2.03 bits per heavy atom. The van der Waals surface area contributed by atoms with E-state index in [1.165, 1.54) is 22.7 Å². The maximum absolute atomic E-state index is 12.2. The number of nitrogens with two attached hydrogens (primary N) is 1. The lowest BCUT2D eigenvalue weighted by Crippen LogP contribution is -2.21. The number of hydrogen-bond acceptors (Lipinski definition) is 7. The van der Waals surface area contributed by atoms with Gasteiger partial charge in [-0.3, -0.25) is 9.59 Å². The molecule has 0 bridgehead atoms. The van der Waals surface area contributed by atoms with Gasteiger partial charge in [0.2, 0.25) is 6.41 Å². The topological polar surface area (TPSA) is 109 Å². The van der Waals surface area contributed by atoms with Gasteiger partial charge >= 0.3 is 0 Å². The van der Waals surface area contributed by atoms with E-state index in [2.05, 4.69) is 9.97 Å². The molecule has 152 valence electrons. The molecule has 0 radical (unpaired) electrons. The average Bonchev–Trinajstić information content (AvgIpc) is 2.72. The molecule has 0 aliphatic rings. The SMILES string of the molecule is C/C(=C(\CCO)S/C=C/C(=O)c1ccccc1)N(C=O)Cc1cnc(C)nc1N. The monoisotopic (exact) mass is 412 g/mol. The van der Waals surface area contributed by atoms with Crippen LogP contribution in [0.1, 0.15) is 35.1 Å². The number of nitrogens with zero attached hydrogens (tertiary/aromatic N) is 3. The predicted molar refractivity (Wildman–Crippen MR) is 115 cm³/mol. The zero-order valence-electron chi connectivity index (χ0n) is 16.4. The molecular weight excluding hydrogens is 388 g/mol. The van der Waals surface area contributed by atoms with Crippen LogP contribution in [0.5, 0.6) is 0 Å². The van der Waals surface area contributed by atoms with E-state index in [0.717, 1.165) is 4.91 Å². The average molecular weight is 413 g/mol. The Bertz CT molecular complexity index is 913. The number of aryl methyl sites for hydroxylation is 1. The summed E-state index contributed by atoms with van der Waals surface area (Å²) in [6, 6.07) is 8.95. The summed E-state index contributed by atoms with van der Waals surface area (Å²) in [6.07, 6.45) is 4.12. The number of aliphatic hydroxyl groups excluding tert-OH is 1. The fraction of sp³-hybridized carbons (Fsp3) is 0.238. The van der Waals surface area contributed by atoms with Gasteiger partial charge in [0.15, 0.2) is 5.78 Å². The molecule has 0 saturated heterocycles. The summed E-state index contributed by atoms with van der Waals surface area (Å²) in [4.78, 5) is 34.3. The molecule has 0 unspecified atom stereocenters. The number of aliphatic hydroxyl groups is 1. The van der Waals surface area contributed by atoms with Crippen LogP contribution in [0.15, 0.2) is 58.6 Å². The number of hydrogen-bond donors (Lipinski definition) is 2. The van der Waals surface area contributed by atoms with Gasteiger partial charge in [-0.15, -0.1) is 11.8 Å². The first kappa shape index (κ1) is 22.3. The molecule has 2 aromatic rings. The minimum absolute atomic E-state index is 0.0807. The normalized spacial score (nSPS) is 12.0. The van der Waals surface area contributed by atoms with E-state index in [-0.39, 0.29) is 18.9 Å². The first-order chi connectivity index (χ1) is 14.0. The summed E-state index contributed by atoms with van der Waals surface area (Å²) in [6.45, 7) is 3.65. The van der Waals surface area contributed by atoms with Crippen molar-refractivity contribution in [3.05, 3.63) is 75.6 Å². The molecule has 1 aromatic heterocycles. The fourth-order valence-electron chi connectivity index (χ4n) is 2.52. The van der Waals surface area contributed by atoms with E-state index in [0.29, 0.717) is 41.3 Å². The number of nitrogen functional groups attached to an aromatic ring is 1. The van der Waals surface area contributed by atoms with Crippen molar-refractivity contribution in [1.29, 1.82) is 0 Å². The smallest absolute Gasteiger partial charge is 0.214 e. The number of carbonyl (C=O) groups excluding carboxylic acids is 2. The molecule has 0 aliphatic carbocycles. The van der Waals surface area contributed by atoms with E-state index in [9.17, 15) is 14.7 Å². The molecule has 8 heteroatoms. The molecule has 2 rings (SSSR count). The van der Waals surface area contributed by atoms with Gasteiger partial charge in [0.25, 0.3) is 0 Å². The Labute approximate surface area is 174 Å². The van der Waals surface area contributed by atoms with Gasteiger partial charge in [-0.05, 0) is 25.3 Å². The van der Waals surface area contributed by atoms with Crippen LogP contribution < -0.4 is 5.73 Å². The molecule has 1 heterocycles. The molecule has 0 atom stereocenters. The van der Waals surface area contributed by atoms with Crippen molar-refractivity contribution in [3.63, 3.8) is 0 Å². The Balaban J connectivity index is 2.16. The van der Waals surface area contributed by atoms with E-state index in [4.69, 9.17) is 5.73 Å². The zero-order chi connectivity index (χ0) is 21.2. The van der Waals surface area contributed by atoms with Gasteiger partial charge in [0, 0.05) is 41.0 Å². The van der Waals surface area contributed by atoms with Crippen molar-refractivity contribution >= 4 is 29.8 Å². The number of rotatable bonds is 10. The number of benzene rings is 1. The van der Waals surface area contributed by atoms with Crippen LogP contribution in [0.2, 0.25) is 0 Å². The quantitative estimate of drug-likeness (QED) is 0.351. The molecule has 1 aromatic carbocycles. The number of ketones is 1. The van der Waals surface area contributed by atoms with Crippen molar-refractivity contribution in [1.82, 2.24) is 14.9 Å². The summed E-state index contributed by atoms with van der Waals surface area (Å²) < 4.78 is 0. The number of aromatic nitrogens is 2. The lowest BCUT2D eigenvalue weighted by molar-refractivity contribution is -0.116. The summed E-state index contributed by atoms with van der Waals surface area (Å²) in [5.74, 6) is 0.763. The van der Waals surface area contributed by atoms with Crippen molar-refractivity contribution in [2.45, 2.75) is 26.8 Å². The van der Waals surface area contributed by atoms with Crippen molar-refractivity contribution < 1.29 is 14.7 Å². The maximum Gasteiger partial charge on any atom is 0.214 e. The van der Waals surface area contributed by atoms with Gasteiger partial charge in [0.05, 0.1) is 6.54 Å². The molecule has 0 aliphatic heterocycles. The lowest BCUT2D eigenvalue weighted by atomic mass is 10.1. The second-order valence-electron chi connectivity index (χ2n) is 6.19. The largest absolute Gasteiger partial charge is 0.396 e. The van der Waals surface area contributed by atoms with E-state index in [1.807, 2.05) is 6.07 Å². The van der Waals surface area contributed by atoms with Crippen molar-refractivity contribution in [3.8, 4) is 0 Å². The van der Waals surface area contributed by atoms with Crippen molar-refractivity contribution in [2.24, 2.45) is 0 Å². The first-order valence-electron chi connectivity index (χ1n) is 8.99. The highest BCUT2D eigenvalue weighted by atomic mass is 32.2. The number of anilines is 1. The van der Waals surface area contributed by atoms with Crippen LogP contribution >= 0.6 is 11.8 Å². The zero-order valence-corrected chi connectivity index (χ0v) is 17.2. The van der Waals surface area contributed by atoms with Crippen LogP contribution in [-0.2, 0) is 11.3 Å². The third kappa shape index (κ3) is 6.55. The Hall–Kier alpha value is -2.97. The van der Waals surface area contributed by atoms with Crippen LogP contribution in [0.25, 0.3) is 0 Å². The van der Waals surface area contributed by atoms with E-state index < -0.39 is 0 Å². The second kappa shape index (κ2) is 11.1. The Kier molecular flexibility index (Phi) is 8.57. The minimum Gasteiger partial charge on any atom is -0.396 e. The Morgan fingerprint density at radius 1 is 1.31 bits per heavy atom. The molecular formula is C21H24N4O3S. The summed E-state index contributed by atoms with van der Waals surface area (Å²) >= 11 is 1.29. The number of thioether (sulfide) groups is 1. The first-order valence-corrected chi connectivity index (χ1v) is 9.87. The van der Waals surface area contributed by atoms with Gasteiger partial charge in [-0.1, -0.05) is 30.3 Å². The summed E-state index contributed by atoms with van der Waals surface area (Å²) in [5, 5.41) is 11.1. The van der Waals surface area contributed by atoms with Gasteiger partial charge in [-0.25, -0.2) is 9.97 Å². The van der Waals surface area contributed by atoms with Crippen LogP contribution in [0, 0.1) is 6.92 Å². The number of allylic oxidation sites excluding steroid dienone is 2. The van der Waals surface area contributed by atoms with Crippen molar-refractivity contribution in [2.75, 3.05) is 12.3 Å². The van der Waals surface area contributed by atoms with Gasteiger partial charge in [-0.2, -0.15) is 0 Å². The second-order valence-corrected chi connectivity index (χ2v) is 7.19. The highest BCUT2D eigenvalue weighted by Gasteiger charge is 2.13. The highest BCUT2D eigenvalue weighted by Crippen LogP contribution is 2.27. The van der Waals surface area contributed by atoms with E-state index >= 15 is 0 Å². The third-order valence-corrected chi connectivity index (χ3v) is 5.20. The van der Waals surface area contributed by atoms with Crippen LogP contribution in [0.3, 0.4) is 0 Å². The van der Waals surface area contributed by atoms with Gasteiger partial charge < -0.3 is 15.7 Å². The van der Waals surface area contributed by atoms with E-state index in [1.54, 1.807) is 49.7 Å². The molecule has 7 nitrogen and oxygen atoms in total. The highest BCUT2D eigenvalue weighted by molar-refractivity contribution is 8.05. The number of amides is 1. The van der Waals surface area contributed by atoms with Crippen LogP contribution in [-0.4, -0.2) is 38.8 Å². The standard InChI is InChI=1S/C21H24N4O3S/c1-15(25(14-27)13-18-12-23-16(2)24-21(18)22)20(8-10-26)29-11-9-19(28)17-6-4-3-5-7-17/h3-7,9,11-12,14,26H,8,10,13H2,1-2H3,(H2,22,23,24)/b11-9+,20-15-. The van der Waals surface area contributed by atoms with Gasteiger partial charge in [0.1, 0.15) is 11.6 Å². The van der Waals surface area contributed by atoms with Crippen LogP contribution in [0.4, 0.5) is 5.82 Å². The lowest BCUT2D eigenvalue weighted by Gasteiger charge is -2.21. The summed E-state index contributed by atoms with van der Waals surface area (Å²) in [7, 11) is 0. The molecule has 1 amide bonds. The summed E-state index contributed by atoms with van der Waals surface area (Å²) in [5.41, 5.74) is 7.81. The molecule has 0 spiro atoms. The Morgan fingerprint density at radius 3 is 2.66 bits per heavy atom. The predicted octanol–water partition coefficient (Wildman–Crippen LogP) is 3.07. The fourth-order valence-corrected chi connectivity index (χ4v) is 3.37. The molecule has 29 heavy (non-hydrogen) atoms. The maximum atomic E-state index is 12.2. The number of carbonyl (C=O) groups is 2. The molecule has 0 saturated carbocycles. The third-order valence-electron chi connectivity index (χ3n) is 4.15. The molecule has 3 N–H and O–H groups in total.